The van der Waals surface area contributed by atoms with Gasteiger partial charge in [0.25, 0.3) is 5.69 Å². The Bertz CT molecular complexity index is 731. The lowest BCUT2D eigenvalue weighted by Crippen LogP contribution is -2.24. The Kier molecular flexibility index (Phi) is 4.20. The zero-order valence-corrected chi connectivity index (χ0v) is 13.1. The van der Waals surface area contributed by atoms with E-state index in [4.69, 9.17) is 4.74 Å². The lowest BCUT2D eigenvalue weighted by Gasteiger charge is -2.16. The van der Waals surface area contributed by atoms with Crippen LogP contribution in [-0.2, 0) is 4.79 Å². The Balaban J connectivity index is 1.71. The van der Waals surface area contributed by atoms with E-state index in [9.17, 15) is 14.9 Å². The van der Waals surface area contributed by atoms with Gasteiger partial charge >= 0.3 is 0 Å². The number of nitro groups is 1. The fraction of sp³-hybridized carbons (Fsp3) is 0.286. The van der Waals surface area contributed by atoms with E-state index in [-0.39, 0.29) is 23.7 Å². The minimum Gasteiger partial charge on any atom is -0.495 e. The highest BCUT2D eigenvalue weighted by Crippen LogP contribution is 2.32. The number of benzene rings is 1. The Morgan fingerprint density at radius 1 is 1.57 bits per heavy atom. The number of amides is 1. The Morgan fingerprint density at radius 2 is 2.39 bits per heavy atom. The normalized spacial score (nSPS) is 15.8. The molecule has 0 saturated heterocycles. The van der Waals surface area contributed by atoms with Gasteiger partial charge < -0.3 is 15.0 Å². The maximum absolute atomic E-state index is 12.3. The van der Waals surface area contributed by atoms with Gasteiger partial charge in [0.15, 0.2) is 5.17 Å². The molecule has 23 heavy (non-hydrogen) atoms. The number of ether oxygens (including phenoxy) is 1. The van der Waals surface area contributed by atoms with Crippen LogP contribution in [0.3, 0.4) is 0 Å². The van der Waals surface area contributed by atoms with Crippen LogP contribution >= 0.6 is 11.8 Å². The first-order chi connectivity index (χ1) is 11.1. The SMILES string of the molecule is COc1ccc([N+](=O)[O-])cc1NC(=O)CC1=CSC2=NCCN12. The van der Waals surface area contributed by atoms with Crippen LogP contribution in [0.2, 0.25) is 0 Å². The molecule has 0 radical (unpaired) electrons. The summed E-state index contributed by atoms with van der Waals surface area (Å²) >= 11 is 1.50. The van der Waals surface area contributed by atoms with Crippen molar-refractivity contribution in [3.05, 3.63) is 39.4 Å². The Labute approximate surface area is 136 Å². The molecule has 0 atom stereocenters. The van der Waals surface area contributed by atoms with Gasteiger partial charge in [-0.2, -0.15) is 0 Å². The topological polar surface area (TPSA) is 97.1 Å². The molecule has 0 aliphatic carbocycles. The van der Waals surface area contributed by atoms with Crippen molar-refractivity contribution in [1.29, 1.82) is 0 Å². The van der Waals surface area contributed by atoms with Crippen molar-refractivity contribution >= 4 is 34.2 Å². The fourth-order valence-electron chi connectivity index (χ4n) is 2.38. The van der Waals surface area contributed by atoms with Gasteiger partial charge in [-0.05, 0) is 11.5 Å². The van der Waals surface area contributed by atoms with Gasteiger partial charge in [0, 0.05) is 24.4 Å². The van der Waals surface area contributed by atoms with E-state index in [0.29, 0.717) is 5.75 Å². The lowest BCUT2D eigenvalue weighted by atomic mass is 10.2. The third-order valence-electron chi connectivity index (χ3n) is 3.46. The van der Waals surface area contributed by atoms with Crippen LogP contribution in [0.1, 0.15) is 6.42 Å². The lowest BCUT2D eigenvalue weighted by molar-refractivity contribution is -0.384. The zero-order valence-electron chi connectivity index (χ0n) is 12.3. The van der Waals surface area contributed by atoms with Crippen LogP contribution in [0.25, 0.3) is 0 Å². The average molecular weight is 334 g/mol. The minimum atomic E-state index is -0.516. The predicted molar refractivity (Wildman–Crippen MR) is 87.6 cm³/mol. The summed E-state index contributed by atoms with van der Waals surface area (Å²) in [6, 6.07) is 4.08. The number of thioether (sulfide) groups is 1. The fourth-order valence-corrected chi connectivity index (χ4v) is 3.34. The van der Waals surface area contributed by atoms with Crippen molar-refractivity contribution in [2.45, 2.75) is 6.42 Å². The van der Waals surface area contributed by atoms with Gasteiger partial charge in [0.2, 0.25) is 5.91 Å². The summed E-state index contributed by atoms with van der Waals surface area (Å²) in [6.07, 6.45) is 0.178. The van der Waals surface area contributed by atoms with Gasteiger partial charge in [-0.3, -0.25) is 19.9 Å². The zero-order chi connectivity index (χ0) is 16.4. The maximum Gasteiger partial charge on any atom is 0.271 e. The number of hydrogen-bond acceptors (Lipinski definition) is 7. The molecule has 0 fully saturated rings. The Hall–Kier alpha value is -2.55. The third-order valence-corrected chi connectivity index (χ3v) is 4.41. The second kappa shape index (κ2) is 6.29. The largest absolute Gasteiger partial charge is 0.495 e. The highest BCUT2D eigenvalue weighted by atomic mass is 32.2. The quantitative estimate of drug-likeness (QED) is 0.655. The molecule has 2 aliphatic heterocycles. The molecule has 0 bridgehead atoms. The summed E-state index contributed by atoms with van der Waals surface area (Å²) < 4.78 is 5.13. The summed E-state index contributed by atoms with van der Waals surface area (Å²) in [6.45, 7) is 1.52. The molecule has 120 valence electrons. The van der Waals surface area contributed by atoms with E-state index in [1.807, 2.05) is 10.3 Å². The number of nitro benzene ring substituents is 1. The van der Waals surface area contributed by atoms with Gasteiger partial charge in [-0.15, -0.1) is 0 Å². The number of fused-ring (bicyclic) bond motifs is 1. The van der Waals surface area contributed by atoms with Gasteiger partial charge in [0.05, 0.1) is 30.7 Å². The minimum absolute atomic E-state index is 0.106. The van der Waals surface area contributed by atoms with E-state index >= 15 is 0 Å². The van der Waals surface area contributed by atoms with Crippen LogP contribution in [0.15, 0.2) is 34.3 Å². The Morgan fingerprint density at radius 3 is 3.13 bits per heavy atom. The number of carbonyl (C=O) groups is 1. The first-order valence-electron chi connectivity index (χ1n) is 6.88. The van der Waals surface area contributed by atoms with Gasteiger partial charge in [-0.1, -0.05) is 11.8 Å². The molecule has 2 aliphatic rings. The monoisotopic (exact) mass is 334 g/mol. The van der Waals surface area contributed by atoms with Crippen molar-refractivity contribution in [3.63, 3.8) is 0 Å². The van der Waals surface area contributed by atoms with Crippen molar-refractivity contribution in [3.8, 4) is 5.75 Å². The van der Waals surface area contributed by atoms with Crippen LogP contribution < -0.4 is 10.1 Å². The molecule has 8 nitrogen and oxygen atoms in total. The van der Waals surface area contributed by atoms with Crippen LogP contribution in [0.4, 0.5) is 11.4 Å². The molecule has 1 amide bonds. The van der Waals surface area contributed by atoms with Crippen molar-refractivity contribution < 1.29 is 14.5 Å². The highest BCUT2D eigenvalue weighted by Gasteiger charge is 2.27. The molecular formula is C14H14N4O4S. The van der Waals surface area contributed by atoms with Crippen molar-refractivity contribution in [1.82, 2.24) is 4.90 Å². The molecule has 1 aromatic carbocycles. The molecule has 3 rings (SSSR count). The molecule has 0 aromatic heterocycles. The first-order valence-corrected chi connectivity index (χ1v) is 7.76. The molecule has 9 heteroatoms. The number of methoxy groups -OCH3 is 1. The molecule has 0 unspecified atom stereocenters. The van der Waals surface area contributed by atoms with E-state index < -0.39 is 4.92 Å². The molecule has 1 aromatic rings. The van der Waals surface area contributed by atoms with E-state index in [1.54, 1.807) is 0 Å². The standard InChI is InChI=1S/C14H14N4O4S/c1-22-12-3-2-9(18(20)21)6-11(12)16-13(19)7-10-8-23-14-15-4-5-17(10)14/h2-3,6,8H,4-5,7H2,1H3,(H,16,19). The van der Waals surface area contributed by atoms with Crippen LogP contribution in [-0.4, -0.2) is 41.1 Å². The molecule has 0 saturated carbocycles. The summed E-state index contributed by atoms with van der Waals surface area (Å²) in [5.41, 5.74) is 1.06. The number of carbonyl (C=O) groups excluding carboxylic acids is 1. The average Bonchev–Trinajstić information content (AvgIpc) is 3.12. The number of anilines is 1. The van der Waals surface area contributed by atoms with Crippen molar-refractivity contribution in [2.24, 2.45) is 4.99 Å². The number of amidine groups is 1. The van der Waals surface area contributed by atoms with Crippen LogP contribution in [0.5, 0.6) is 5.75 Å². The summed E-state index contributed by atoms with van der Waals surface area (Å²) in [7, 11) is 1.44. The number of aliphatic imine (C=N–C) groups is 1. The number of non-ortho nitro benzene ring substituents is 1. The van der Waals surface area contributed by atoms with Gasteiger partial charge in [-0.25, -0.2) is 0 Å². The predicted octanol–water partition coefficient (Wildman–Crippen LogP) is 2.19. The number of hydrogen-bond donors (Lipinski definition) is 1. The summed E-state index contributed by atoms with van der Waals surface area (Å²) in [5, 5.41) is 16.4. The third kappa shape index (κ3) is 3.14. The van der Waals surface area contributed by atoms with Crippen molar-refractivity contribution in [2.75, 3.05) is 25.5 Å². The highest BCUT2D eigenvalue weighted by molar-refractivity contribution is 8.16. The van der Waals surface area contributed by atoms with E-state index in [2.05, 4.69) is 10.3 Å². The number of nitrogens with one attached hydrogen (secondary N) is 1. The summed E-state index contributed by atoms with van der Waals surface area (Å²) in [5.74, 6) is 0.117. The molecular weight excluding hydrogens is 320 g/mol. The van der Waals surface area contributed by atoms with Crippen LogP contribution in [0, 0.1) is 10.1 Å². The van der Waals surface area contributed by atoms with Gasteiger partial charge in [0.1, 0.15) is 5.75 Å². The molecule has 0 spiro atoms. The smallest absolute Gasteiger partial charge is 0.271 e. The summed E-state index contributed by atoms with van der Waals surface area (Å²) in [4.78, 5) is 28.9. The first kappa shape index (κ1) is 15.3. The number of rotatable bonds is 5. The second-order valence-electron chi connectivity index (χ2n) is 4.91. The molecule has 2 heterocycles. The maximum atomic E-state index is 12.3. The number of nitrogens with zero attached hydrogens (tertiary/aromatic N) is 3. The van der Waals surface area contributed by atoms with E-state index in [1.165, 1.54) is 37.1 Å². The molecule has 1 N–H and O–H groups in total. The second-order valence-corrected chi connectivity index (χ2v) is 5.75. The van der Waals surface area contributed by atoms with E-state index in [0.717, 1.165) is 24.0 Å².